The lowest BCUT2D eigenvalue weighted by atomic mass is 9.83. The molecule has 0 spiro atoms. The highest BCUT2D eigenvalue weighted by atomic mass is 16.2. The van der Waals surface area contributed by atoms with Crippen molar-refractivity contribution >= 4 is 22.7 Å². The molecule has 6 nitrogen and oxygen atoms in total. The second-order valence-electron chi connectivity index (χ2n) is 7.67. The standard InChI is InChI=1S/C21H24N4O2/c22-11-19(13-9-10-13)25-20(26)15-6-2-4-8-18(15)24-21(27)16-12-23-17-7-3-1-5-14(16)17/h1,3,5,7,12-13,15,18-19,23H,2,4,6,8-10H2,(H,24,27)(H,25,26). The number of nitrogens with one attached hydrogen (secondary N) is 3. The van der Waals surface area contributed by atoms with Gasteiger partial charge < -0.3 is 15.6 Å². The summed E-state index contributed by atoms with van der Waals surface area (Å²) >= 11 is 0. The summed E-state index contributed by atoms with van der Waals surface area (Å²) in [6.07, 6.45) is 7.22. The van der Waals surface area contributed by atoms with Crippen LogP contribution < -0.4 is 10.6 Å². The summed E-state index contributed by atoms with van der Waals surface area (Å²) in [6, 6.07) is 9.29. The second kappa shape index (κ2) is 7.43. The highest BCUT2D eigenvalue weighted by Crippen LogP contribution is 2.33. The zero-order chi connectivity index (χ0) is 18.8. The van der Waals surface area contributed by atoms with E-state index in [4.69, 9.17) is 0 Å². The molecular weight excluding hydrogens is 340 g/mol. The minimum Gasteiger partial charge on any atom is -0.360 e. The number of nitriles is 1. The fourth-order valence-electron chi connectivity index (χ4n) is 4.07. The van der Waals surface area contributed by atoms with Gasteiger partial charge in [0, 0.05) is 23.1 Å². The van der Waals surface area contributed by atoms with E-state index >= 15 is 0 Å². The zero-order valence-electron chi connectivity index (χ0n) is 15.2. The van der Waals surface area contributed by atoms with E-state index in [9.17, 15) is 14.9 Å². The number of aromatic amines is 1. The van der Waals surface area contributed by atoms with Crippen molar-refractivity contribution < 1.29 is 9.59 Å². The van der Waals surface area contributed by atoms with Gasteiger partial charge in [0.2, 0.25) is 5.91 Å². The second-order valence-corrected chi connectivity index (χ2v) is 7.67. The number of rotatable bonds is 5. The summed E-state index contributed by atoms with van der Waals surface area (Å²) in [4.78, 5) is 28.7. The SMILES string of the molecule is N#CC(NC(=O)C1CCCCC1NC(=O)c1c[nH]c2ccccc12)C1CC1. The van der Waals surface area contributed by atoms with Gasteiger partial charge in [-0.25, -0.2) is 0 Å². The predicted octanol–water partition coefficient (Wildman–Crippen LogP) is 2.87. The minimum absolute atomic E-state index is 0.0997. The Balaban J connectivity index is 1.46. The molecule has 6 heteroatoms. The van der Waals surface area contributed by atoms with Crippen LogP contribution in [0.5, 0.6) is 0 Å². The number of benzene rings is 1. The molecule has 2 aliphatic carbocycles. The highest BCUT2D eigenvalue weighted by molar-refractivity contribution is 6.06. The summed E-state index contributed by atoms with van der Waals surface area (Å²) < 4.78 is 0. The Morgan fingerprint density at radius 2 is 1.93 bits per heavy atom. The van der Waals surface area contributed by atoms with Crippen molar-refractivity contribution in [3.63, 3.8) is 0 Å². The molecule has 3 atom stereocenters. The Kier molecular flexibility index (Phi) is 4.85. The van der Waals surface area contributed by atoms with Gasteiger partial charge in [0.05, 0.1) is 17.6 Å². The van der Waals surface area contributed by atoms with Crippen LogP contribution in [-0.2, 0) is 4.79 Å². The van der Waals surface area contributed by atoms with Crippen LogP contribution in [-0.4, -0.2) is 28.9 Å². The number of hydrogen-bond acceptors (Lipinski definition) is 3. The van der Waals surface area contributed by atoms with E-state index in [1.54, 1.807) is 6.20 Å². The van der Waals surface area contributed by atoms with Gasteiger partial charge in [-0.1, -0.05) is 31.0 Å². The molecule has 0 bridgehead atoms. The molecule has 3 N–H and O–H groups in total. The fourth-order valence-corrected chi connectivity index (χ4v) is 4.07. The lowest BCUT2D eigenvalue weighted by Gasteiger charge is -2.31. The maximum absolute atomic E-state index is 12.8. The molecule has 27 heavy (non-hydrogen) atoms. The van der Waals surface area contributed by atoms with Crippen LogP contribution in [0.4, 0.5) is 0 Å². The van der Waals surface area contributed by atoms with Gasteiger partial charge in [-0.3, -0.25) is 9.59 Å². The average Bonchev–Trinajstić information content (AvgIpc) is 3.44. The third-order valence-corrected chi connectivity index (χ3v) is 5.78. The Morgan fingerprint density at radius 1 is 1.15 bits per heavy atom. The molecular formula is C21H24N4O2. The van der Waals surface area contributed by atoms with Crippen molar-refractivity contribution in [1.29, 1.82) is 5.26 Å². The fraction of sp³-hybridized carbons (Fsp3) is 0.476. The van der Waals surface area contributed by atoms with Crippen LogP contribution in [0, 0.1) is 23.2 Å². The monoisotopic (exact) mass is 364 g/mol. The lowest BCUT2D eigenvalue weighted by Crippen LogP contribution is -2.50. The van der Waals surface area contributed by atoms with E-state index in [2.05, 4.69) is 21.7 Å². The van der Waals surface area contributed by atoms with Crippen LogP contribution in [0.1, 0.15) is 48.9 Å². The quantitative estimate of drug-likeness (QED) is 0.761. The van der Waals surface area contributed by atoms with E-state index in [1.165, 1.54) is 0 Å². The van der Waals surface area contributed by atoms with Crippen LogP contribution in [0.3, 0.4) is 0 Å². The van der Waals surface area contributed by atoms with Crippen LogP contribution in [0.15, 0.2) is 30.5 Å². The van der Waals surface area contributed by atoms with Crippen LogP contribution in [0.2, 0.25) is 0 Å². The molecule has 0 aliphatic heterocycles. The number of hydrogen-bond donors (Lipinski definition) is 3. The van der Waals surface area contributed by atoms with E-state index < -0.39 is 6.04 Å². The molecule has 2 amide bonds. The summed E-state index contributed by atoms with van der Waals surface area (Å²) in [5.74, 6) is -0.238. The smallest absolute Gasteiger partial charge is 0.253 e. The topological polar surface area (TPSA) is 97.8 Å². The van der Waals surface area contributed by atoms with Crippen molar-refractivity contribution in [3.8, 4) is 6.07 Å². The molecule has 3 unspecified atom stereocenters. The van der Waals surface area contributed by atoms with Gasteiger partial charge in [-0.15, -0.1) is 0 Å². The van der Waals surface area contributed by atoms with Crippen molar-refractivity contribution in [3.05, 3.63) is 36.0 Å². The number of fused-ring (bicyclic) bond motifs is 1. The van der Waals surface area contributed by atoms with Crippen LogP contribution >= 0.6 is 0 Å². The number of amides is 2. The van der Waals surface area contributed by atoms with Gasteiger partial charge in [-0.05, 0) is 37.7 Å². The molecule has 2 fully saturated rings. The van der Waals surface area contributed by atoms with Crippen molar-refractivity contribution in [2.45, 2.75) is 50.6 Å². The molecule has 1 aromatic carbocycles. The van der Waals surface area contributed by atoms with Crippen molar-refractivity contribution in [2.75, 3.05) is 0 Å². The Morgan fingerprint density at radius 3 is 2.70 bits per heavy atom. The molecule has 2 aliphatic rings. The molecule has 140 valence electrons. The Bertz CT molecular complexity index is 893. The average molecular weight is 364 g/mol. The molecule has 0 saturated heterocycles. The highest BCUT2D eigenvalue weighted by Gasteiger charge is 2.37. The zero-order valence-corrected chi connectivity index (χ0v) is 15.2. The summed E-state index contributed by atoms with van der Waals surface area (Å²) in [5, 5.41) is 16.1. The van der Waals surface area contributed by atoms with Crippen molar-refractivity contribution in [1.82, 2.24) is 15.6 Å². The predicted molar refractivity (Wildman–Crippen MR) is 102 cm³/mol. The number of aromatic nitrogens is 1. The first kappa shape index (κ1) is 17.6. The van der Waals surface area contributed by atoms with Gasteiger partial charge in [-0.2, -0.15) is 5.26 Å². The van der Waals surface area contributed by atoms with Gasteiger partial charge in [0.15, 0.2) is 0 Å². The molecule has 2 saturated carbocycles. The summed E-state index contributed by atoms with van der Waals surface area (Å²) in [6.45, 7) is 0. The first-order valence-electron chi connectivity index (χ1n) is 9.74. The Labute approximate surface area is 158 Å². The third kappa shape index (κ3) is 3.68. The van der Waals surface area contributed by atoms with E-state index in [1.807, 2.05) is 24.3 Å². The van der Waals surface area contributed by atoms with E-state index in [0.29, 0.717) is 11.5 Å². The number of carbonyl (C=O) groups is 2. The summed E-state index contributed by atoms with van der Waals surface area (Å²) in [5.41, 5.74) is 1.52. The Hall–Kier alpha value is -2.81. The molecule has 2 aromatic rings. The first-order chi connectivity index (χ1) is 13.2. The van der Waals surface area contributed by atoms with Gasteiger partial charge >= 0.3 is 0 Å². The first-order valence-corrected chi connectivity index (χ1v) is 9.74. The van der Waals surface area contributed by atoms with E-state index in [0.717, 1.165) is 49.4 Å². The molecule has 0 radical (unpaired) electrons. The maximum Gasteiger partial charge on any atom is 0.253 e. The van der Waals surface area contributed by atoms with Gasteiger partial charge in [0.25, 0.3) is 5.91 Å². The van der Waals surface area contributed by atoms with Crippen LogP contribution in [0.25, 0.3) is 10.9 Å². The third-order valence-electron chi connectivity index (χ3n) is 5.78. The molecule has 4 rings (SSSR count). The maximum atomic E-state index is 12.8. The number of H-pyrrole nitrogens is 1. The minimum atomic E-state index is -0.399. The van der Waals surface area contributed by atoms with Crippen molar-refractivity contribution in [2.24, 2.45) is 11.8 Å². The molecule has 1 heterocycles. The summed E-state index contributed by atoms with van der Waals surface area (Å²) in [7, 11) is 0. The lowest BCUT2D eigenvalue weighted by molar-refractivity contribution is -0.127. The normalized spacial score (nSPS) is 23.4. The van der Waals surface area contributed by atoms with E-state index in [-0.39, 0.29) is 23.8 Å². The number of para-hydroxylation sites is 1. The number of carbonyl (C=O) groups excluding carboxylic acids is 2. The van der Waals surface area contributed by atoms with Gasteiger partial charge in [0.1, 0.15) is 6.04 Å². The number of nitrogens with zero attached hydrogens (tertiary/aromatic N) is 1. The largest absolute Gasteiger partial charge is 0.360 e. The molecule has 1 aromatic heterocycles.